The molecule has 15 heavy (non-hydrogen) atoms. The van der Waals surface area contributed by atoms with Crippen LogP contribution in [0.15, 0.2) is 12.3 Å². The fourth-order valence-electron chi connectivity index (χ4n) is 1.27. The van der Waals surface area contributed by atoms with E-state index in [9.17, 15) is 0 Å². The van der Waals surface area contributed by atoms with Crippen LogP contribution in [0.3, 0.4) is 0 Å². The predicted molar refractivity (Wildman–Crippen MR) is 59.1 cm³/mol. The van der Waals surface area contributed by atoms with Crippen LogP contribution in [-0.2, 0) is 0 Å². The van der Waals surface area contributed by atoms with Gasteiger partial charge in [-0.15, -0.1) is 0 Å². The lowest BCUT2D eigenvalue weighted by atomic mass is 10.3. The van der Waals surface area contributed by atoms with Crippen molar-refractivity contribution in [3.8, 4) is 5.88 Å². The van der Waals surface area contributed by atoms with E-state index in [1.807, 2.05) is 0 Å². The summed E-state index contributed by atoms with van der Waals surface area (Å²) >= 11 is 0. The van der Waals surface area contributed by atoms with E-state index < -0.39 is 0 Å². The molecule has 1 aromatic rings. The largest absolute Gasteiger partial charge is 0.478 e. The Morgan fingerprint density at radius 3 is 3.00 bits per heavy atom. The Hall–Kier alpha value is -1.32. The molecule has 82 valence electrons. The predicted octanol–water partition coefficient (Wildman–Crippen LogP) is 2.23. The molecule has 1 N–H and O–H groups in total. The maximum absolute atomic E-state index is 5.44. The second kappa shape index (κ2) is 4.04. The molecule has 0 bridgehead atoms. The highest BCUT2D eigenvalue weighted by atomic mass is 16.5. The first-order chi connectivity index (χ1) is 7.22. The standard InChI is InChI=1S/C11H17N3O/c1-3-8-15-9-4-7-12-10(13-9)14-11(2)5-6-11/h4,7H,3,5-6,8H2,1-2H3,(H,12,13,14). The van der Waals surface area contributed by atoms with E-state index in [-0.39, 0.29) is 5.54 Å². The lowest BCUT2D eigenvalue weighted by Crippen LogP contribution is -2.18. The number of ether oxygens (including phenoxy) is 1. The molecule has 1 saturated carbocycles. The van der Waals surface area contributed by atoms with Gasteiger partial charge in [-0.1, -0.05) is 6.92 Å². The van der Waals surface area contributed by atoms with Crippen LogP contribution in [0.5, 0.6) is 5.88 Å². The van der Waals surface area contributed by atoms with Crippen molar-refractivity contribution in [1.29, 1.82) is 0 Å². The second-order valence-corrected chi connectivity index (χ2v) is 4.25. The molecule has 0 amide bonds. The van der Waals surface area contributed by atoms with Crippen molar-refractivity contribution < 1.29 is 4.74 Å². The Bertz CT molecular complexity index is 336. The number of anilines is 1. The summed E-state index contributed by atoms with van der Waals surface area (Å²) in [4.78, 5) is 8.46. The van der Waals surface area contributed by atoms with Gasteiger partial charge >= 0.3 is 0 Å². The molecule has 0 spiro atoms. The number of rotatable bonds is 5. The smallest absolute Gasteiger partial charge is 0.226 e. The molecule has 1 aliphatic rings. The Balaban J connectivity index is 1.98. The number of hydrogen-bond donors (Lipinski definition) is 1. The highest BCUT2D eigenvalue weighted by molar-refractivity contribution is 5.34. The Morgan fingerprint density at radius 2 is 2.33 bits per heavy atom. The molecule has 0 unspecified atom stereocenters. The highest BCUT2D eigenvalue weighted by Gasteiger charge is 2.37. The van der Waals surface area contributed by atoms with Gasteiger partial charge in [-0.3, -0.25) is 0 Å². The lowest BCUT2D eigenvalue weighted by molar-refractivity contribution is 0.305. The molecule has 1 heterocycles. The van der Waals surface area contributed by atoms with E-state index in [4.69, 9.17) is 4.74 Å². The van der Waals surface area contributed by atoms with E-state index in [2.05, 4.69) is 29.1 Å². The van der Waals surface area contributed by atoms with E-state index >= 15 is 0 Å². The summed E-state index contributed by atoms with van der Waals surface area (Å²) in [6.45, 7) is 4.95. The summed E-state index contributed by atoms with van der Waals surface area (Å²) in [5.74, 6) is 1.32. The van der Waals surface area contributed by atoms with Gasteiger partial charge < -0.3 is 10.1 Å². The van der Waals surface area contributed by atoms with Crippen LogP contribution in [0.2, 0.25) is 0 Å². The molecule has 4 heteroatoms. The highest BCUT2D eigenvalue weighted by Crippen LogP contribution is 2.37. The van der Waals surface area contributed by atoms with Crippen LogP contribution < -0.4 is 10.1 Å². The van der Waals surface area contributed by atoms with Crippen LogP contribution in [-0.4, -0.2) is 22.1 Å². The molecule has 0 aliphatic heterocycles. The molecule has 1 fully saturated rings. The van der Waals surface area contributed by atoms with E-state index in [1.165, 1.54) is 12.8 Å². The topological polar surface area (TPSA) is 47.0 Å². The summed E-state index contributed by atoms with van der Waals surface area (Å²) in [7, 11) is 0. The molecule has 1 aromatic heterocycles. The van der Waals surface area contributed by atoms with Gasteiger partial charge in [0.15, 0.2) is 0 Å². The van der Waals surface area contributed by atoms with Gasteiger partial charge in [-0.05, 0) is 26.2 Å². The zero-order valence-corrected chi connectivity index (χ0v) is 9.29. The van der Waals surface area contributed by atoms with Crippen LogP contribution >= 0.6 is 0 Å². The Morgan fingerprint density at radius 1 is 1.53 bits per heavy atom. The van der Waals surface area contributed by atoms with Crippen molar-refractivity contribution >= 4 is 5.95 Å². The number of aromatic nitrogens is 2. The van der Waals surface area contributed by atoms with Gasteiger partial charge in [-0.2, -0.15) is 4.98 Å². The Kier molecular flexibility index (Phi) is 2.75. The molecule has 0 atom stereocenters. The summed E-state index contributed by atoms with van der Waals surface area (Å²) in [5.41, 5.74) is 0.212. The minimum atomic E-state index is 0.212. The first-order valence-corrected chi connectivity index (χ1v) is 5.46. The molecule has 4 nitrogen and oxygen atoms in total. The van der Waals surface area contributed by atoms with Gasteiger partial charge in [0, 0.05) is 17.8 Å². The van der Waals surface area contributed by atoms with Crippen LogP contribution in [0, 0.1) is 0 Å². The second-order valence-electron chi connectivity index (χ2n) is 4.25. The molecular weight excluding hydrogens is 190 g/mol. The Labute approximate surface area is 90.1 Å². The zero-order chi connectivity index (χ0) is 10.7. The number of nitrogens with zero attached hydrogens (tertiary/aromatic N) is 2. The minimum absolute atomic E-state index is 0.212. The average Bonchev–Trinajstić information content (AvgIpc) is 2.93. The van der Waals surface area contributed by atoms with Crippen LogP contribution in [0.1, 0.15) is 33.1 Å². The third-order valence-corrected chi connectivity index (χ3v) is 2.50. The van der Waals surface area contributed by atoms with Crippen molar-refractivity contribution in [2.24, 2.45) is 0 Å². The van der Waals surface area contributed by atoms with Crippen molar-refractivity contribution in [3.05, 3.63) is 12.3 Å². The monoisotopic (exact) mass is 207 g/mol. The molecule has 0 radical (unpaired) electrons. The molecule has 0 aromatic carbocycles. The lowest BCUT2D eigenvalue weighted by Gasteiger charge is -2.11. The molecule has 0 saturated heterocycles. The van der Waals surface area contributed by atoms with Crippen LogP contribution in [0.4, 0.5) is 5.95 Å². The first-order valence-electron chi connectivity index (χ1n) is 5.46. The quantitative estimate of drug-likeness (QED) is 0.804. The minimum Gasteiger partial charge on any atom is -0.478 e. The summed E-state index contributed by atoms with van der Waals surface area (Å²) < 4.78 is 5.44. The normalized spacial score (nSPS) is 17.2. The maximum Gasteiger partial charge on any atom is 0.226 e. The fourth-order valence-corrected chi connectivity index (χ4v) is 1.27. The molecular formula is C11H17N3O. The van der Waals surface area contributed by atoms with Gasteiger partial charge in [0.2, 0.25) is 11.8 Å². The SMILES string of the molecule is CCCOc1ccnc(NC2(C)CC2)n1. The molecule has 2 rings (SSSR count). The van der Waals surface area contributed by atoms with E-state index in [1.54, 1.807) is 12.3 Å². The zero-order valence-electron chi connectivity index (χ0n) is 9.29. The van der Waals surface area contributed by atoms with Gasteiger partial charge in [-0.25, -0.2) is 4.98 Å². The van der Waals surface area contributed by atoms with Gasteiger partial charge in [0.05, 0.1) is 6.61 Å². The number of hydrogen-bond acceptors (Lipinski definition) is 4. The van der Waals surface area contributed by atoms with Crippen molar-refractivity contribution in [1.82, 2.24) is 9.97 Å². The summed E-state index contributed by atoms with van der Waals surface area (Å²) in [6.07, 6.45) is 5.10. The van der Waals surface area contributed by atoms with Gasteiger partial charge in [0.1, 0.15) is 0 Å². The maximum atomic E-state index is 5.44. The molecule has 1 aliphatic carbocycles. The summed E-state index contributed by atoms with van der Waals surface area (Å²) in [6, 6.07) is 1.79. The first kappa shape index (κ1) is 10.2. The van der Waals surface area contributed by atoms with E-state index in [0.29, 0.717) is 18.4 Å². The fraction of sp³-hybridized carbons (Fsp3) is 0.636. The van der Waals surface area contributed by atoms with Crippen molar-refractivity contribution in [2.45, 2.75) is 38.6 Å². The average molecular weight is 207 g/mol. The summed E-state index contributed by atoms with van der Waals surface area (Å²) in [5, 5.41) is 3.31. The van der Waals surface area contributed by atoms with Crippen molar-refractivity contribution in [3.63, 3.8) is 0 Å². The third kappa shape index (κ3) is 2.81. The number of nitrogens with one attached hydrogen (secondary N) is 1. The third-order valence-electron chi connectivity index (χ3n) is 2.50. The van der Waals surface area contributed by atoms with E-state index in [0.717, 1.165) is 6.42 Å². The van der Waals surface area contributed by atoms with Gasteiger partial charge in [0.25, 0.3) is 0 Å². The van der Waals surface area contributed by atoms with Crippen molar-refractivity contribution in [2.75, 3.05) is 11.9 Å². The van der Waals surface area contributed by atoms with Crippen LogP contribution in [0.25, 0.3) is 0 Å².